The molecule has 0 saturated carbocycles. The van der Waals surface area contributed by atoms with Crippen LogP contribution >= 0.6 is 0 Å². The normalized spacial score (nSPS) is 16.7. The molecule has 6 nitrogen and oxygen atoms in total. The summed E-state index contributed by atoms with van der Waals surface area (Å²) in [6.45, 7) is 2.65. The highest BCUT2D eigenvalue weighted by Crippen LogP contribution is 2.35. The van der Waals surface area contributed by atoms with Gasteiger partial charge in [0.2, 0.25) is 0 Å². The van der Waals surface area contributed by atoms with E-state index in [1.807, 2.05) is 53.9 Å². The zero-order chi connectivity index (χ0) is 20.0. The van der Waals surface area contributed by atoms with Crippen LogP contribution < -0.4 is 10.3 Å². The number of aromatic nitrogens is 2. The quantitative estimate of drug-likeness (QED) is 0.702. The van der Waals surface area contributed by atoms with Gasteiger partial charge < -0.3 is 18.8 Å². The van der Waals surface area contributed by atoms with Crippen molar-refractivity contribution < 1.29 is 9.53 Å². The Bertz CT molecular complexity index is 1130. The predicted molar refractivity (Wildman–Crippen MR) is 109 cm³/mol. The first kappa shape index (κ1) is 18.3. The van der Waals surface area contributed by atoms with Crippen LogP contribution in [-0.2, 0) is 14.1 Å². The number of ether oxygens (including phenoxy) is 1. The Morgan fingerprint density at radius 1 is 1.18 bits per heavy atom. The second-order valence-electron chi connectivity index (χ2n) is 7.54. The molecule has 1 fully saturated rings. The van der Waals surface area contributed by atoms with E-state index in [0.717, 1.165) is 35.2 Å². The maximum atomic E-state index is 13.5. The average molecular weight is 379 g/mol. The fraction of sp³-hybridized carbons (Fsp3) is 0.364. The lowest BCUT2D eigenvalue weighted by molar-refractivity contribution is 0.0737. The second kappa shape index (κ2) is 6.86. The van der Waals surface area contributed by atoms with Gasteiger partial charge in [0.15, 0.2) is 0 Å². The number of rotatable bonds is 3. The number of pyridine rings is 1. The van der Waals surface area contributed by atoms with Gasteiger partial charge >= 0.3 is 0 Å². The Hall–Kier alpha value is -3.02. The van der Waals surface area contributed by atoms with Crippen LogP contribution in [0.25, 0.3) is 10.9 Å². The first-order valence-electron chi connectivity index (χ1n) is 9.52. The number of benzene rings is 1. The summed E-state index contributed by atoms with van der Waals surface area (Å²) < 4.78 is 8.79. The summed E-state index contributed by atoms with van der Waals surface area (Å²) in [7, 11) is 5.25. The van der Waals surface area contributed by atoms with Crippen molar-refractivity contribution in [3.05, 3.63) is 63.7 Å². The van der Waals surface area contributed by atoms with Gasteiger partial charge in [-0.05, 0) is 43.0 Å². The van der Waals surface area contributed by atoms with E-state index in [1.165, 1.54) is 0 Å². The van der Waals surface area contributed by atoms with Gasteiger partial charge in [-0.1, -0.05) is 12.1 Å². The highest BCUT2D eigenvalue weighted by molar-refractivity contribution is 6.07. The number of hydrogen-bond acceptors (Lipinski definition) is 3. The molecule has 2 aromatic heterocycles. The summed E-state index contributed by atoms with van der Waals surface area (Å²) in [5, 5.41) is 0.506. The Kier molecular flexibility index (Phi) is 4.49. The molecule has 4 rings (SSSR count). The van der Waals surface area contributed by atoms with Crippen molar-refractivity contribution in [1.82, 2.24) is 14.0 Å². The van der Waals surface area contributed by atoms with E-state index in [4.69, 9.17) is 4.74 Å². The number of fused-ring (bicyclic) bond motifs is 1. The Morgan fingerprint density at radius 3 is 2.71 bits per heavy atom. The third kappa shape index (κ3) is 2.80. The van der Waals surface area contributed by atoms with E-state index in [2.05, 4.69) is 0 Å². The second-order valence-corrected chi connectivity index (χ2v) is 7.54. The van der Waals surface area contributed by atoms with Crippen molar-refractivity contribution in [2.75, 3.05) is 13.7 Å². The summed E-state index contributed by atoms with van der Waals surface area (Å²) in [5.74, 6) is 0.699. The van der Waals surface area contributed by atoms with E-state index in [0.29, 0.717) is 17.5 Å². The summed E-state index contributed by atoms with van der Waals surface area (Å²) in [6.07, 6.45) is 5.45. The van der Waals surface area contributed by atoms with Crippen molar-refractivity contribution in [3.8, 4) is 5.75 Å². The molecule has 0 aliphatic carbocycles. The average Bonchev–Trinajstić information content (AvgIpc) is 3.31. The lowest BCUT2D eigenvalue weighted by Gasteiger charge is -2.25. The predicted octanol–water partition coefficient (Wildman–Crippen LogP) is 3.17. The first-order valence-corrected chi connectivity index (χ1v) is 9.52. The maximum Gasteiger partial charge on any atom is 0.260 e. The minimum atomic E-state index is -0.137. The Morgan fingerprint density at radius 2 is 1.96 bits per heavy atom. The van der Waals surface area contributed by atoms with Gasteiger partial charge in [0, 0.05) is 33.0 Å². The van der Waals surface area contributed by atoms with E-state index < -0.39 is 0 Å². The SMILES string of the molecule is COc1cccc(C2CCCN2C(=O)c2cn(C)c3c(C)cn(C)c(=O)c23)c1. The highest BCUT2D eigenvalue weighted by Gasteiger charge is 2.33. The lowest BCUT2D eigenvalue weighted by atomic mass is 10.0. The third-order valence-electron chi connectivity index (χ3n) is 5.70. The van der Waals surface area contributed by atoms with Crippen molar-refractivity contribution >= 4 is 16.8 Å². The van der Waals surface area contributed by atoms with Crippen LogP contribution in [-0.4, -0.2) is 33.6 Å². The van der Waals surface area contributed by atoms with Gasteiger partial charge in [-0.3, -0.25) is 9.59 Å². The molecule has 1 unspecified atom stereocenters. The van der Waals surface area contributed by atoms with Crippen molar-refractivity contribution in [3.63, 3.8) is 0 Å². The maximum absolute atomic E-state index is 13.5. The Labute approximate surface area is 163 Å². The van der Waals surface area contributed by atoms with E-state index >= 15 is 0 Å². The topological polar surface area (TPSA) is 56.5 Å². The molecule has 1 atom stereocenters. The van der Waals surface area contributed by atoms with Crippen LogP contribution in [0.5, 0.6) is 5.75 Å². The van der Waals surface area contributed by atoms with Crippen molar-refractivity contribution in [1.29, 1.82) is 0 Å². The summed E-state index contributed by atoms with van der Waals surface area (Å²) in [4.78, 5) is 28.2. The van der Waals surface area contributed by atoms with Gasteiger partial charge in [0.05, 0.1) is 29.6 Å². The molecule has 0 N–H and O–H groups in total. The van der Waals surface area contributed by atoms with Gasteiger partial charge in [-0.2, -0.15) is 0 Å². The molecule has 6 heteroatoms. The molecule has 0 bridgehead atoms. The van der Waals surface area contributed by atoms with Crippen LogP contribution in [0, 0.1) is 6.92 Å². The number of hydrogen-bond donors (Lipinski definition) is 0. The van der Waals surface area contributed by atoms with Crippen LogP contribution in [0.15, 0.2) is 41.5 Å². The number of likely N-dealkylation sites (tertiary alicyclic amines) is 1. The van der Waals surface area contributed by atoms with Crippen LogP contribution in [0.1, 0.15) is 40.4 Å². The van der Waals surface area contributed by atoms with Crippen LogP contribution in [0.2, 0.25) is 0 Å². The van der Waals surface area contributed by atoms with E-state index in [1.54, 1.807) is 24.9 Å². The molecule has 0 spiro atoms. The highest BCUT2D eigenvalue weighted by atomic mass is 16.5. The van der Waals surface area contributed by atoms with Crippen LogP contribution in [0.4, 0.5) is 0 Å². The fourth-order valence-corrected chi connectivity index (χ4v) is 4.43. The minimum Gasteiger partial charge on any atom is -0.497 e. The number of carbonyl (C=O) groups is 1. The smallest absolute Gasteiger partial charge is 0.260 e. The largest absolute Gasteiger partial charge is 0.497 e. The zero-order valence-electron chi connectivity index (χ0n) is 16.7. The molecule has 1 amide bonds. The van der Waals surface area contributed by atoms with Gasteiger partial charge in [-0.15, -0.1) is 0 Å². The van der Waals surface area contributed by atoms with E-state index in [9.17, 15) is 9.59 Å². The zero-order valence-corrected chi connectivity index (χ0v) is 16.7. The number of carbonyl (C=O) groups excluding carboxylic acids is 1. The van der Waals surface area contributed by atoms with Crippen molar-refractivity contribution in [2.45, 2.75) is 25.8 Å². The van der Waals surface area contributed by atoms with Crippen molar-refractivity contribution in [2.24, 2.45) is 14.1 Å². The lowest BCUT2D eigenvalue weighted by Crippen LogP contribution is -2.31. The van der Waals surface area contributed by atoms with Gasteiger partial charge in [-0.25, -0.2) is 0 Å². The third-order valence-corrected chi connectivity index (χ3v) is 5.70. The molecule has 1 saturated heterocycles. The molecule has 0 radical (unpaired) electrons. The molecular weight excluding hydrogens is 354 g/mol. The molecule has 1 aliphatic rings. The molecule has 1 aliphatic heterocycles. The standard InChI is InChI=1S/C22H25N3O3/c1-14-12-24(3)22(27)19-17(13-23(2)20(14)19)21(26)25-10-6-9-18(25)15-7-5-8-16(11-15)28-4/h5,7-8,11-13,18H,6,9-10H2,1-4H3. The molecule has 3 aromatic rings. The summed E-state index contributed by atoms with van der Waals surface area (Å²) in [5.41, 5.74) is 3.21. The minimum absolute atomic E-state index is 0.00785. The monoisotopic (exact) mass is 379 g/mol. The number of aryl methyl sites for hydroxylation is 3. The van der Waals surface area contributed by atoms with Gasteiger partial charge in [0.1, 0.15) is 5.75 Å². The van der Waals surface area contributed by atoms with Gasteiger partial charge in [0.25, 0.3) is 11.5 Å². The van der Waals surface area contributed by atoms with E-state index in [-0.39, 0.29) is 17.5 Å². The molecule has 1 aromatic carbocycles. The fourth-order valence-electron chi connectivity index (χ4n) is 4.43. The first-order chi connectivity index (χ1) is 13.4. The molecular formula is C22H25N3O3. The number of methoxy groups -OCH3 is 1. The molecule has 28 heavy (non-hydrogen) atoms. The van der Waals surface area contributed by atoms with Crippen LogP contribution in [0.3, 0.4) is 0 Å². The summed E-state index contributed by atoms with van der Waals surface area (Å²) >= 11 is 0. The Balaban J connectivity index is 1.80. The molecule has 146 valence electrons. The summed E-state index contributed by atoms with van der Waals surface area (Å²) in [6, 6.07) is 7.87. The number of amides is 1. The molecule has 3 heterocycles. The number of nitrogens with zero attached hydrogens (tertiary/aromatic N) is 3.